The Balaban J connectivity index is 0.0000183. The summed E-state index contributed by atoms with van der Waals surface area (Å²) in [5.74, 6) is -10.6. The molecule has 624 valence electrons. The van der Waals surface area contributed by atoms with Crippen molar-refractivity contribution >= 4 is 83.1 Å². The molecule has 0 unspecified atom stereocenters. The zero-order valence-electron chi connectivity index (χ0n) is 65.4. The van der Waals surface area contributed by atoms with Gasteiger partial charge in [0.25, 0.3) is 18.2 Å². The molecule has 0 radical (unpaired) electrons. The van der Waals surface area contributed by atoms with Crippen molar-refractivity contribution in [1.29, 1.82) is 0 Å². The second-order valence-electron chi connectivity index (χ2n) is 29.9. The Morgan fingerprint density at radius 1 is 0.730 bits per heavy atom. The molecule has 5 aromatic rings. The summed E-state index contributed by atoms with van der Waals surface area (Å²) in [6, 6.07) is 3.26. The Hall–Kier alpha value is -8.72. The normalized spacial score (nSPS) is 22.4. The molecule has 38 nitrogen and oxygen atoms in total. The number of β-amino-alcohol motifs (C(OH)–C–C–N with tert-alkyl or cyclic N) is 1. The van der Waals surface area contributed by atoms with E-state index in [9.17, 15) is 79.4 Å². The van der Waals surface area contributed by atoms with Crippen LogP contribution in [0.1, 0.15) is 128 Å². The van der Waals surface area contributed by atoms with Gasteiger partial charge in [-0.1, -0.05) is 55.7 Å². The number of imidazole rings is 1. The Labute approximate surface area is 693 Å². The third-order valence-corrected chi connectivity index (χ3v) is 19.9. The van der Waals surface area contributed by atoms with E-state index < -0.39 is 213 Å². The first-order valence-corrected chi connectivity index (χ1v) is 38.5. The molecule has 3 aromatic carbocycles. The van der Waals surface area contributed by atoms with E-state index in [0.717, 1.165) is 84.0 Å². The number of rotatable bonds is 29. The minimum atomic E-state index is -2.28. The van der Waals surface area contributed by atoms with Crippen LogP contribution >= 0.6 is 23.7 Å². The maximum absolute atomic E-state index is 15.4. The fraction of sp³-hybridized carbons (Fsp3) is 0.554. The molecule has 14 N–H and O–H groups in total. The predicted molar refractivity (Wildman–Crippen MR) is 403 cm³/mol. The standard InChI is InChI=1S/C74H101N13O25S2.Na/c1-39-35-87-59(60(39)94)66(100)76-34-46(89)32-50(78-61(95)42-16-18-43(19-17-42)67-83-84-68(113-67)44-20-22-48(23-21-44)107-28-14-12-10-11-13-27-106-9)63(97)80-56(40(2)88)69(101)86-37-47(90)33-51(86)64(98)81-57(54(93)29-41-15-24-52(91)55(30-41)110-114-112-111-105)65(99)82-58(70(87)102)53(92)25-26-75-62(96)49(79-71(103)108-73(3,4)5)31-45-36-85(38-77-45)72(104)109-74(6,7)8;/h15-24,30,36,38-40,46-47,49-51,53-54,56-60,88-94,105H,10-14,25-29,31-35,37H2,1-9H3,(H,75,96)(H,76,100)(H,78,95)(H,79,103)(H,80,97)(H,81,98)(H,82,99);/q;+1/p-1/t39-,40+,46+,47+,49+,50+,51+,53-,54-,56+,57+,58+,59+,60+;/m1./s1. The topological polar surface area (TPSA) is 534 Å². The second kappa shape index (κ2) is 43.5. The van der Waals surface area contributed by atoms with E-state index in [1.165, 1.54) is 42.7 Å². The molecular formula is C74H100N13NaO25S2. The monoisotopic (exact) mass is 1660 g/mol. The van der Waals surface area contributed by atoms with E-state index in [0.29, 0.717) is 27.9 Å². The third-order valence-electron chi connectivity index (χ3n) is 18.5. The van der Waals surface area contributed by atoms with E-state index in [1.54, 1.807) is 60.8 Å². The molecule has 3 aliphatic rings. The molecule has 115 heavy (non-hydrogen) atoms. The number of nitrogens with zero attached hydrogens (tertiary/aromatic N) is 6. The maximum Gasteiger partial charge on any atom is 1.00 e. The first-order valence-electron chi connectivity index (χ1n) is 37.0. The van der Waals surface area contributed by atoms with Gasteiger partial charge in [-0.3, -0.25) is 43.4 Å². The fourth-order valence-corrected chi connectivity index (χ4v) is 13.8. The molecule has 0 saturated carbocycles. The number of benzene rings is 3. The molecule has 14 atom stereocenters. The van der Waals surface area contributed by atoms with Gasteiger partial charge in [0.05, 0.1) is 48.9 Å². The number of amides is 9. The molecule has 0 spiro atoms. The fourth-order valence-electron chi connectivity index (χ4n) is 12.7. The molecule has 41 heteroatoms. The van der Waals surface area contributed by atoms with Crippen LogP contribution in [-0.2, 0) is 70.0 Å². The van der Waals surface area contributed by atoms with Crippen LogP contribution in [0.4, 0.5) is 9.59 Å². The molecule has 2 aromatic heterocycles. The Bertz CT molecular complexity index is 4110. The predicted octanol–water partition coefficient (Wildman–Crippen LogP) is -2.71. The number of phenolic OH excluding ortho intramolecular Hbond substituents is 1. The van der Waals surface area contributed by atoms with Gasteiger partial charge in [-0.05, 0) is 122 Å². The third kappa shape index (κ3) is 27.4. The van der Waals surface area contributed by atoms with Gasteiger partial charge in [0.2, 0.25) is 41.4 Å². The molecule has 5 heterocycles. The van der Waals surface area contributed by atoms with Gasteiger partial charge in [0.15, 0.2) is 11.5 Å². The summed E-state index contributed by atoms with van der Waals surface area (Å²) in [7, 11) is 1.69. The summed E-state index contributed by atoms with van der Waals surface area (Å²) in [5.41, 5.74) is -0.521. The number of aliphatic hydroxyl groups excluding tert-OH is 6. The Morgan fingerprint density at radius 3 is 2.00 bits per heavy atom. The van der Waals surface area contributed by atoms with Crippen molar-refractivity contribution in [1.82, 2.24) is 66.8 Å². The molecule has 3 saturated heterocycles. The van der Waals surface area contributed by atoms with Crippen molar-refractivity contribution in [2.45, 2.75) is 210 Å². The summed E-state index contributed by atoms with van der Waals surface area (Å²) in [6.45, 7) is 11.0. The van der Waals surface area contributed by atoms with Gasteiger partial charge < -0.3 is 111 Å². The smallest absolute Gasteiger partial charge is 0.691 e. The maximum atomic E-state index is 15.4. The van der Waals surface area contributed by atoms with Crippen molar-refractivity contribution < 1.29 is 151 Å². The van der Waals surface area contributed by atoms with Gasteiger partial charge in [0.1, 0.15) is 75.6 Å². The quantitative estimate of drug-likeness (QED) is 0.00761. The summed E-state index contributed by atoms with van der Waals surface area (Å²) >= 11 is 1.25. The molecule has 3 fully saturated rings. The minimum absolute atomic E-state index is 0. The van der Waals surface area contributed by atoms with Gasteiger partial charge >= 0.3 is 41.7 Å². The van der Waals surface area contributed by atoms with Gasteiger partial charge in [0, 0.05) is 94.4 Å². The molecular weight excluding hydrogens is 1560 g/mol. The number of nitrogens with one attached hydrogen (secondary N) is 7. The minimum Gasteiger partial charge on any atom is -0.691 e. The SMILES string of the molecule is COCCCCCCCOc1ccc(-c2nnc(-c3ccc(C(=O)N[C@H]4C[C@H](O)CNC(=O)[C@@H]5[C@@H](O)[C@H](C)CN5C(=O)[C@H]([C@H](O)CCNC(=O)[C@H](Cc5cn(C(=O)OC(C)(C)C)cn5)NC(=O)OC(C)(C)C)NC(=O)[C@H]([C@H](O)Cc5ccc(O)c(OSOO[O-])c5)NC(=O)[C@@H]5C[C@H](O)CN5C(=O)[C@H]([C@H](C)O)NC4=O)cc3)s2)cc1.[Na+]. The van der Waals surface area contributed by atoms with E-state index in [2.05, 4.69) is 61.8 Å². The Kier molecular flexibility index (Phi) is 35.3. The van der Waals surface area contributed by atoms with Crippen molar-refractivity contribution in [2.24, 2.45) is 5.92 Å². The van der Waals surface area contributed by atoms with Gasteiger partial charge in [-0.2, -0.15) is 0 Å². The number of fused-ring (bicyclic) bond motifs is 2. The second-order valence-corrected chi connectivity index (χ2v) is 31.4. The number of carbonyl (C=O) groups is 10. The number of unbranched alkanes of at least 4 members (excludes halogenated alkanes) is 4. The van der Waals surface area contributed by atoms with Crippen molar-refractivity contribution in [3.05, 3.63) is 96.1 Å². The van der Waals surface area contributed by atoms with Crippen LogP contribution in [0.2, 0.25) is 0 Å². The van der Waals surface area contributed by atoms with E-state index >= 15 is 9.59 Å². The molecule has 0 aliphatic carbocycles. The number of methoxy groups -OCH3 is 1. The number of hydrogen-bond acceptors (Lipinski definition) is 30. The van der Waals surface area contributed by atoms with E-state index in [4.69, 9.17) is 23.1 Å². The average molecular weight is 1660 g/mol. The summed E-state index contributed by atoms with van der Waals surface area (Å²) < 4.78 is 32.2. The van der Waals surface area contributed by atoms with Crippen LogP contribution in [-0.4, -0.2) is 261 Å². The van der Waals surface area contributed by atoms with Crippen LogP contribution in [0.15, 0.2) is 79.3 Å². The Morgan fingerprint density at radius 2 is 1.36 bits per heavy atom. The summed E-state index contributed by atoms with van der Waals surface area (Å²) in [6.07, 6.45) is -8.48. The first kappa shape index (κ1) is 93.4. The number of aromatic hydroxyl groups is 1. The number of ether oxygens (including phenoxy) is 4. The van der Waals surface area contributed by atoms with Crippen LogP contribution in [0.3, 0.4) is 0 Å². The first-order chi connectivity index (χ1) is 54.0. The van der Waals surface area contributed by atoms with Crippen molar-refractivity contribution in [3.8, 4) is 38.4 Å². The van der Waals surface area contributed by atoms with Crippen LogP contribution in [0.25, 0.3) is 21.1 Å². The molecule has 9 amide bonds. The van der Waals surface area contributed by atoms with Gasteiger partial charge in [-0.25, -0.2) is 19.1 Å². The number of phenols is 1. The van der Waals surface area contributed by atoms with Crippen molar-refractivity contribution in [2.75, 3.05) is 46.5 Å². The zero-order chi connectivity index (χ0) is 83.3. The van der Waals surface area contributed by atoms with Crippen LogP contribution < -0.4 is 81.0 Å². The number of carbonyl (C=O) groups excluding carboxylic acids is 10. The largest absolute Gasteiger partial charge is 1.00 e. The van der Waals surface area contributed by atoms with E-state index in [1.807, 2.05) is 24.3 Å². The average Bonchev–Trinajstić information content (AvgIpc) is 1.90. The van der Waals surface area contributed by atoms with E-state index in [-0.39, 0.29) is 70.9 Å². The van der Waals surface area contributed by atoms with Crippen LogP contribution in [0.5, 0.6) is 17.2 Å². The number of aromatic nitrogens is 4. The van der Waals surface area contributed by atoms with Gasteiger partial charge in [-0.15, -0.1) is 14.5 Å². The molecule has 0 bridgehead atoms. The summed E-state index contributed by atoms with van der Waals surface area (Å²) in [5, 5.41) is 122. The van der Waals surface area contributed by atoms with Crippen LogP contribution in [0, 0.1) is 5.92 Å². The number of alkyl carbamates (subject to hydrolysis) is 1. The zero-order valence-corrected chi connectivity index (χ0v) is 69.0. The summed E-state index contributed by atoms with van der Waals surface area (Å²) in [4.78, 5) is 150. The number of hydrogen-bond donors (Lipinski definition) is 14. The molecule has 8 rings (SSSR count). The number of aliphatic hydroxyl groups is 6. The molecule has 3 aliphatic heterocycles. The van der Waals surface area contributed by atoms with Crippen molar-refractivity contribution in [3.63, 3.8) is 0 Å².